The van der Waals surface area contributed by atoms with Crippen LogP contribution < -0.4 is 0 Å². The molecule has 128 valence electrons. The highest BCUT2D eigenvalue weighted by molar-refractivity contribution is 5.82. The molecule has 0 radical (unpaired) electrons. The summed E-state index contributed by atoms with van der Waals surface area (Å²) < 4.78 is 0. The van der Waals surface area contributed by atoms with E-state index in [4.69, 9.17) is 0 Å². The number of rotatable bonds is 2. The summed E-state index contributed by atoms with van der Waals surface area (Å²) in [5, 5.41) is 0. The van der Waals surface area contributed by atoms with Gasteiger partial charge in [-0.1, -0.05) is 35.9 Å². The predicted molar refractivity (Wildman–Crippen MR) is 95.3 cm³/mol. The molecule has 0 spiro atoms. The molecule has 2 heterocycles. The van der Waals surface area contributed by atoms with E-state index >= 15 is 0 Å². The maximum atomic E-state index is 12.8. The average molecular weight is 326 g/mol. The Morgan fingerprint density at radius 2 is 1.83 bits per heavy atom. The third-order valence-electron chi connectivity index (χ3n) is 5.16. The van der Waals surface area contributed by atoms with Crippen LogP contribution in [-0.2, 0) is 9.59 Å². The smallest absolute Gasteiger partial charge is 0.227 e. The summed E-state index contributed by atoms with van der Waals surface area (Å²) in [6.45, 7) is 6.50. The van der Waals surface area contributed by atoms with Crippen LogP contribution in [0.5, 0.6) is 0 Å². The van der Waals surface area contributed by atoms with E-state index in [2.05, 4.69) is 37.3 Å². The van der Waals surface area contributed by atoms with Crippen LogP contribution in [0.2, 0.25) is 0 Å². The predicted octanol–water partition coefficient (Wildman–Crippen LogP) is 2.87. The van der Waals surface area contributed by atoms with Crippen LogP contribution in [0.3, 0.4) is 0 Å². The number of carbonyl (C=O) groups excluding carboxylic acids is 2. The Labute approximate surface area is 144 Å². The number of benzene rings is 1. The van der Waals surface area contributed by atoms with Gasteiger partial charge in [-0.15, -0.1) is 0 Å². The van der Waals surface area contributed by atoms with Crippen molar-refractivity contribution < 1.29 is 9.59 Å². The van der Waals surface area contributed by atoms with Crippen molar-refractivity contribution in [1.82, 2.24) is 9.80 Å². The Morgan fingerprint density at radius 3 is 2.46 bits per heavy atom. The molecule has 24 heavy (non-hydrogen) atoms. The Balaban J connectivity index is 1.62. The zero-order valence-corrected chi connectivity index (χ0v) is 14.6. The van der Waals surface area contributed by atoms with Gasteiger partial charge in [0.25, 0.3) is 0 Å². The van der Waals surface area contributed by atoms with E-state index in [0.717, 1.165) is 32.4 Å². The molecule has 1 fully saturated rings. The Hall–Kier alpha value is -2.10. The summed E-state index contributed by atoms with van der Waals surface area (Å²) in [6.07, 6.45) is 4.90. The first-order valence-corrected chi connectivity index (χ1v) is 8.85. The molecule has 3 rings (SSSR count). The summed E-state index contributed by atoms with van der Waals surface area (Å²) >= 11 is 0. The van der Waals surface area contributed by atoms with Gasteiger partial charge >= 0.3 is 0 Å². The van der Waals surface area contributed by atoms with Crippen molar-refractivity contribution in [3.63, 3.8) is 0 Å². The fourth-order valence-corrected chi connectivity index (χ4v) is 3.62. The molecule has 0 aromatic heterocycles. The third-order valence-corrected chi connectivity index (χ3v) is 5.16. The summed E-state index contributed by atoms with van der Waals surface area (Å²) in [5.41, 5.74) is 3.85. The molecule has 2 aliphatic rings. The van der Waals surface area contributed by atoms with Gasteiger partial charge in [0, 0.05) is 33.1 Å². The van der Waals surface area contributed by atoms with Crippen LogP contribution in [-0.4, -0.2) is 47.8 Å². The normalized spacial score (nSPS) is 21.4. The van der Waals surface area contributed by atoms with Crippen LogP contribution in [0.4, 0.5) is 0 Å². The second kappa shape index (κ2) is 7.20. The summed E-state index contributed by atoms with van der Waals surface area (Å²) in [7, 11) is 0. The van der Waals surface area contributed by atoms with Crippen LogP contribution in [0, 0.1) is 12.8 Å². The molecule has 1 atom stereocenters. The standard InChI is InChI=1S/C20H26N2O2/c1-15-5-7-17(8-6-15)18-9-12-21(13-10-18)20(24)19-4-3-11-22(14-19)16(2)23/h5-9,19H,3-4,10-14H2,1-2H3/t19-/m1/s1. The van der Waals surface area contributed by atoms with Crippen molar-refractivity contribution in [2.24, 2.45) is 5.92 Å². The highest BCUT2D eigenvalue weighted by Crippen LogP contribution is 2.25. The van der Waals surface area contributed by atoms with E-state index < -0.39 is 0 Å². The molecule has 4 heteroatoms. The number of aryl methyl sites for hydroxylation is 1. The number of hydrogen-bond donors (Lipinski definition) is 0. The van der Waals surface area contributed by atoms with Crippen molar-refractivity contribution in [3.05, 3.63) is 41.5 Å². The number of hydrogen-bond acceptors (Lipinski definition) is 2. The van der Waals surface area contributed by atoms with Gasteiger partial charge in [0.1, 0.15) is 0 Å². The number of nitrogens with zero attached hydrogens (tertiary/aromatic N) is 2. The van der Waals surface area contributed by atoms with Gasteiger partial charge in [-0.3, -0.25) is 9.59 Å². The lowest BCUT2D eigenvalue weighted by Crippen LogP contribution is -2.47. The first-order chi connectivity index (χ1) is 11.5. The minimum absolute atomic E-state index is 0.0306. The number of amides is 2. The SMILES string of the molecule is CC(=O)N1CCC[C@@H](C(=O)N2CC=C(c3ccc(C)cc3)CC2)C1. The van der Waals surface area contributed by atoms with Gasteiger partial charge < -0.3 is 9.80 Å². The molecular weight excluding hydrogens is 300 g/mol. The lowest BCUT2D eigenvalue weighted by atomic mass is 9.94. The molecule has 0 aliphatic carbocycles. The first kappa shape index (κ1) is 16.7. The monoisotopic (exact) mass is 326 g/mol. The minimum atomic E-state index is -0.0306. The van der Waals surface area contributed by atoms with Crippen LogP contribution >= 0.6 is 0 Å². The topological polar surface area (TPSA) is 40.6 Å². The lowest BCUT2D eigenvalue weighted by Gasteiger charge is -2.35. The second-order valence-corrected chi connectivity index (χ2v) is 6.93. The quantitative estimate of drug-likeness (QED) is 0.838. The van der Waals surface area contributed by atoms with Crippen molar-refractivity contribution in [2.45, 2.75) is 33.1 Å². The maximum Gasteiger partial charge on any atom is 0.227 e. The highest BCUT2D eigenvalue weighted by Gasteiger charge is 2.30. The van der Waals surface area contributed by atoms with Gasteiger partial charge in [-0.25, -0.2) is 0 Å². The number of piperidine rings is 1. The Kier molecular flexibility index (Phi) is 5.03. The van der Waals surface area contributed by atoms with Gasteiger partial charge in [0.15, 0.2) is 0 Å². The number of likely N-dealkylation sites (tertiary alicyclic amines) is 1. The fourth-order valence-electron chi connectivity index (χ4n) is 3.62. The average Bonchev–Trinajstić information content (AvgIpc) is 2.62. The molecule has 4 nitrogen and oxygen atoms in total. The molecule has 0 bridgehead atoms. The zero-order chi connectivity index (χ0) is 17.1. The largest absolute Gasteiger partial charge is 0.342 e. The van der Waals surface area contributed by atoms with E-state index in [1.165, 1.54) is 16.7 Å². The van der Waals surface area contributed by atoms with E-state index in [9.17, 15) is 9.59 Å². The highest BCUT2D eigenvalue weighted by atomic mass is 16.2. The van der Waals surface area contributed by atoms with E-state index in [1.54, 1.807) is 6.92 Å². The zero-order valence-electron chi connectivity index (χ0n) is 14.6. The molecule has 2 amide bonds. The molecular formula is C20H26N2O2. The van der Waals surface area contributed by atoms with Crippen molar-refractivity contribution >= 4 is 17.4 Å². The van der Waals surface area contributed by atoms with E-state index in [-0.39, 0.29) is 17.7 Å². The van der Waals surface area contributed by atoms with Crippen molar-refractivity contribution in [3.8, 4) is 0 Å². The minimum Gasteiger partial charge on any atom is -0.342 e. The van der Waals surface area contributed by atoms with Crippen molar-refractivity contribution in [2.75, 3.05) is 26.2 Å². The first-order valence-electron chi connectivity index (χ1n) is 8.85. The molecule has 0 saturated carbocycles. The van der Waals surface area contributed by atoms with E-state index in [1.807, 2.05) is 9.80 Å². The number of carbonyl (C=O) groups is 2. The van der Waals surface area contributed by atoms with E-state index in [0.29, 0.717) is 13.1 Å². The fraction of sp³-hybridized carbons (Fsp3) is 0.500. The molecule has 1 aromatic carbocycles. The van der Waals surface area contributed by atoms with Crippen LogP contribution in [0.15, 0.2) is 30.3 Å². The Morgan fingerprint density at radius 1 is 1.08 bits per heavy atom. The summed E-state index contributed by atoms with van der Waals surface area (Å²) in [5.74, 6) is 0.254. The molecule has 2 aliphatic heterocycles. The molecule has 0 unspecified atom stereocenters. The Bertz CT molecular complexity index is 648. The van der Waals surface area contributed by atoms with Crippen molar-refractivity contribution in [1.29, 1.82) is 0 Å². The molecule has 0 N–H and O–H groups in total. The van der Waals surface area contributed by atoms with Gasteiger partial charge in [-0.2, -0.15) is 0 Å². The lowest BCUT2D eigenvalue weighted by molar-refractivity contribution is -0.139. The van der Waals surface area contributed by atoms with Crippen LogP contribution in [0.1, 0.15) is 37.3 Å². The summed E-state index contributed by atoms with van der Waals surface area (Å²) in [6, 6.07) is 8.58. The second-order valence-electron chi connectivity index (χ2n) is 6.93. The molecule has 1 aromatic rings. The maximum absolute atomic E-state index is 12.8. The van der Waals surface area contributed by atoms with Gasteiger partial charge in [0.05, 0.1) is 5.92 Å². The van der Waals surface area contributed by atoms with Gasteiger partial charge in [0.2, 0.25) is 11.8 Å². The van der Waals surface area contributed by atoms with Crippen LogP contribution in [0.25, 0.3) is 5.57 Å². The third kappa shape index (κ3) is 3.69. The van der Waals surface area contributed by atoms with Gasteiger partial charge in [-0.05, 0) is 37.3 Å². The molecule has 1 saturated heterocycles. The summed E-state index contributed by atoms with van der Waals surface area (Å²) in [4.78, 5) is 28.1.